The van der Waals surface area contributed by atoms with E-state index >= 15 is 0 Å². The zero-order valence-electron chi connectivity index (χ0n) is 13.3. The van der Waals surface area contributed by atoms with E-state index in [1.165, 1.54) is 5.56 Å². The molecular weight excluding hydrogens is 264 g/mol. The molecule has 4 nitrogen and oxygen atoms in total. The van der Waals surface area contributed by atoms with E-state index in [2.05, 4.69) is 29.3 Å². The minimum atomic E-state index is 0.0506. The summed E-state index contributed by atoms with van der Waals surface area (Å²) in [5.41, 5.74) is 4.38. The van der Waals surface area contributed by atoms with E-state index in [-0.39, 0.29) is 12.5 Å². The molecular formula is C17H26N2O2. The first-order valence-electron chi connectivity index (χ1n) is 7.70. The van der Waals surface area contributed by atoms with Crippen LogP contribution in [0.4, 0.5) is 5.69 Å². The van der Waals surface area contributed by atoms with Gasteiger partial charge in [-0.15, -0.1) is 0 Å². The van der Waals surface area contributed by atoms with Crippen molar-refractivity contribution >= 4 is 11.6 Å². The first-order chi connectivity index (χ1) is 9.99. The van der Waals surface area contributed by atoms with Gasteiger partial charge in [0.1, 0.15) is 0 Å². The van der Waals surface area contributed by atoms with E-state index in [1.807, 2.05) is 13.8 Å². The number of aliphatic hydroxyl groups excluding tert-OH is 1. The minimum Gasteiger partial charge on any atom is -0.396 e. The number of benzene rings is 1. The van der Waals surface area contributed by atoms with Crippen LogP contribution in [0.3, 0.4) is 0 Å². The number of anilines is 1. The molecule has 1 aromatic rings. The van der Waals surface area contributed by atoms with Crippen LogP contribution in [0.5, 0.6) is 0 Å². The summed E-state index contributed by atoms with van der Waals surface area (Å²) in [7, 11) is 0. The number of hydrogen-bond acceptors (Lipinski definition) is 3. The molecule has 0 aromatic heterocycles. The van der Waals surface area contributed by atoms with Crippen LogP contribution >= 0.6 is 0 Å². The predicted octanol–water partition coefficient (Wildman–Crippen LogP) is 2.25. The molecule has 1 atom stereocenters. The fraction of sp³-hybridized carbons (Fsp3) is 0.588. The number of likely N-dealkylation sites (tertiary alicyclic amines) is 1. The van der Waals surface area contributed by atoms with Crippen LogP contribution in [0.1, 0.15) is 29.5 Å². The second-order valence-corrected chi connectivity index (χ2v) is 6.22. The number of rotatable bonds is 5. The highest BCUT2D eigenvalue weighted by Crippen LogP contribution is 2.23. The molecule has 2 rings (SSSR count). The number of nitrogens with zero attached hydrogens (tertiary/aromatic N) is 1. The van der Waals surface area contributed by atoms with Gasteiger partial charge in [-0.2, -0.15) is 0 Å². The van der Waals surface area contributed by atoms with Gasteiger partial charge >= 0.3 is 0 Å². The van der Waals surface area contributed by atoms with Crippen molar-refractivity contribution in [2.75, 3.05) is 31.6 Å². The largest absolute Gasteiger partial charge is 0.396 e. The number of aliphatic hydroxyl groups is 1. The van der Waals surface area contributed by atoms with Crippen molar-refractivity contribution in [3.8, 4) is 0 Å². The van der Waals surface area contributed by atoms with Gasteiger partial charge < -0.3 is 10.4 Å². The molecule has 21 heavy (non-hydrogen) atoms. The Labute approximate surface area is 127 Å². The smallest absolute Gasteiger partial charge is 0.238 e. The minimum absolute atomic E-state index is 0.0506. The van der Waals surface area contributed by atoms with Crippen molar-refractivity contribution in [1.82, 2.24) is 4.90 Å². The van der Waals surface area contributed by atoms with E-state index in [4.69, 9.17) is 5.11 Å². The van der Waals surface area contributed by atoms with Crippen LogP contribution in [-0.2, 0) is 4.79 Å². The summed E-state index contributed by atoms with van der Waals surface area (Å²) in [5.74, 6) is 0.584. The molecule has 2 N–H and O–H groups in total. The van der Waals surface area contributed by atoms with Crippen LogP contribution in [0.25, 0.3) is 0 Å². The maximum absolute atomic E-state index is 12.2. The molecule has 1 fully saturated rings. The Kier molecular flexibility index (Phi) is 5.37. The molecule has 4 heteroatoms. The lowest BCUT2D eigenvalue weighted by Gasteiger charge is -2.17. The van der Waals surface area contributed by atoms with Crippen molar-refractivity contribution < 1.29 is 9.90 Å². The number of carbonyl (C=O) groups is 1. The zero-order chi connectivity index (χ0) is 15.4. The molecule has 1 unspecified atom stereocenters. The average Bonchev–Trinajstić information content (AvgIpc) is 2.81. The Morgan fingerprint density at radius 1 is 1.33 bits per heavy atom. The van der Waals surface area contributed by atoms with Crippen LogP contribution in [0.2, 0.25) is 0 Å². The number of carbonyl (C=O) groups excluding carboxylic acids is 1. The first kappa shape index (κ1) is 16.0. The lowest BCUT2D eigenvalue weighted by molar-refractivity contribution is -0.117. The van der Waals surface area contributed by atoms with Crippen molar-refractivity contribution in [2.45, 2.75) is 33.6 Å². The number of nitrogens with one attached hydrogen (secondary N) is 1. The van der Waals surface area contributed by atoms with Gasteiger partial charge in [0.2, 0.25) is 5.91 Å². The fourth-order valence-corrected chi connectivity index (χ4v) is 3.23. The van der Waals surface area contributed by atoms with Gasteiger partial charge in [-0.25, -0.2) is 0 Å². The molecule has 1 saturated heterocycles. The van der Waals surface area contributed by atoms with Gasteiger partial charge in [-0.05, 0) is 57.2 Å². The third-order valence-electron chi connectivity index (χ3n) is 4.22. The van der Waals surface area contributed by atoms with Crippen LogP contribution < -0.4 is 5.32 Å². The molecule has 0 saturated carbocycles. The summed E-state index contributed by atoms with van der Waals surface area (Å²) in [6.07, 6.45) is 1.92. The highest BCUT2D eigenvalue weighted by atomic mass is 16.3. The highest BCUT2D eigenvalue weighted by Gasteiger charge is 2.23. The van der Waals surface area contributed by atoms with Gasteiger partial charge in [0.15, 0.2) is 0 Å². The van der Waals surface area contributed by atoms with Crippen molar-refractivity contribution in [3.05, 3.63) is 28.8 Å². The molecule has 0 bridgehead atoms. The molecule has 0 aliphatic carbocycles. The number of aryl methyl sites for hydroxylation is 3. The molecule has 1 aliphatic heterocycles. The summed E-state index contributed by atoms with van der Waals surface area (Å²) in [6, 6.07) is 4.19. The molecule has 1 aromatic carbocycles. The van der Waals surface area contributed by atoms with E-state index < -0.39 is 0 Å². The van der Waals surface area contributed by atoms with E-state index in [0.717, 1.165) is 42.7 Å². The summed E-state index contributed by atoms with van der Waals surface area (Å²) < 4.78 is 0. The quantitative estimate of drug-likeness (QED) is 0.874. The monoisotopic (exact) mass is 290 g/mol. The Hall–Kier alpha value is -1.39. The van der Waals surface area contributed by atoms with E-state index in [1.54, 1.807) is 0 Å². The average molecular weight is 290 g/mol. The fourth-order valence-electron chi connectivity index (χ4n) is 3.23. The second-order valence-electron chi connectivity index (χ2n) is 6.22. The molecule has 0 radical (unpaired) electrons. The van der Waals surface area contributed by atoms with Crippen molar-refractivity contribution in [3.63, 3.8) is 0 Å². The zero-order valence-corrected chi connectivity index (χ0v) is 13.3. The summed E-state index contributed by atoms with van der Waals surface area (Å²) in [5, 5.41) is 12.0. The van der Waals surface area contributed by atoms with Gasteiger partial charge in [-0.1, -0.05) is 17.7 Å². The Morgan fingerprint density at radius 2 is 2.00 bits per heavy atom. The maximum atomic E-state index is 12.2. The normalized spacial score (nSPS) is 19.0. The van der Waals surface area contributed by atoms with Crippen molar-refractivity contribution in [2.24, 2.45) is 5.92 Å². The third-order valence-corrected chi connectivity index (χ3v) is 4.22. The van der Waals surface area contributed by atoms with Crippen molar-refractivity contribution in [1.29, 1.82) is 0 Å². The van der Waals surface area contributed by atoms with Gasteiger partial charge in [0, 0.05) is 18.8 Å². The molecule has 116 valence electrons. The SMILES string of the molecule is Cc1cc(C)c(NC(=O)CN2CCC(CCO)C2)c(C)c1. The van der Waals surface area contributed by atoms with Gasteiger partial charge in [0.25, 0.3) is 0 Å². The summed E-state index contributed by atoms with van der Waals surface area (Å²) >= 11 is 0. The maximum Gasteiger partial charge on any atom is 0.238 e. The summed E-state index contributed by atoms with van der Waals surface area (Å²) in [4.78, 5) is 14.4. The van der Waals surface area contributed by atoms with Gasteiger partial charge in [0.05, 0.1) is 6.54 Å². The molecule has 1 amide bonds. The standard InChI is InChI=1S/C17H26N2O2/c1-12-8-13(2)17(14(3)9-12)18-16(21)11-19-6-4-15(10-19)5-7-20/h8-9,15,20H,4-7,10-11H2,1-3H3,(H,18,21). The van der Waals surface area contributed by atoms with E-state index in [0.29, 0.717) is 12.5 Å². The first-order valence-corrected chi connectivity index (χ1v) is 7.70. The molecule has 1 heterocycles. The topological polar surface area (TPSA) is 52.6 Å². The Balaban J connectivity index is 1.91. The lowest BCUT2D eigenvalue weighted by atomic mass is 10.1. The number of hydrogen-bond donors (Lipinski definition) is 2. The lowest BCUT2D eigenvalue weighted by Crippen LogP contribution is -2.32. The highest BCUT2D eigenvalue weighted by molar-refractivity contribution is 5.93. The van der Waals surface area contributed by atoms with Gasteiger partial charge in [-0.3, -0.25) is 9.69 Å². The van der Waals surface area contributed by atoms with Crippen LogP contribution in [0, 0.1) is 26.7 Å². The van der Waals surface area contributed by atoms with Crippen LogP contribution in [-0.4, -0.2) is 42.2 Å². The molecule has 0 spiro atoms. The third kappa shape index (κ3) is 4.29. The Morgan fingerprint density at radius 3 is 2.62 bits per heavy atom. The number of amides is 1. The summed E-state index contributed by atoms with van der Waals surface area (Å²) in [6.45, 7) is 8.67. The molecule has 1 aliphatic rings. The van der Waals surface area contributed by atoms with E-state index in [9.17, 15) is 4.79 Å². The Bertz CT molecular complexity index is 491. The second kappa shape index (κ2) is 7.05. The predicted molar refractivity (Wildman–Crippen MR) is 85.5 cm³/mol. The van der Waals surface area contributed by atoms with Crippen LogP contribution in [0.15, 0.2) is 12.1 Å².